The smallest absolute Gasteiger partial charge is 0.194 e. The topological polar surface area (TPSA) is 12.9 Å². The monoisotopic (exact) mass is 407 g/mol. The first-order valence-corrected chi connectivity index (χ1v) is 8.77. The third-order valence-electron chi connectivity index (χ3n) is 4.29. The minimum Gasteiger partial charge on any atom is -0.256 e. The summed E-state index contributed by atoms with van der Waals surface area (Å²) < 4.78 is 82.6. The van der Waals surface area contributed by atoms with E-state index in [0.29, 0.717) is 23.4 Å². The number of benzene rings is 2. The van der Waals surface area contributed by atoms with Gasteiger partial charge in [0.2, 0.25) is 0 Å². The summed E-state index contributed by atoms with van der Waals surface area (Å²) in [6, 6.07) is 7.45. The molecule has 1 nitrogen and oxygen atoms in total. The molecule has 0 N–H and O–H groups in total. The summed E-state index contributed by atoms with van der Waals surface area (Å²) in [7, 11) is 0. The molecule has 0 saturated heterocycles. The third kappa shape index (κ3) is 4.34. The molecule has 1 aromatic heterocycles. The Kier molecular flexibility index (Phi) is 6.06. The van der Waals surface area contributed by atoms with E-state index in [9.17, 15) is 26.3 Å². The van der Waals surface area contributed by atoms with Gasteiger partial charge >= 0.3 is 0 Å². The van der Waals surface area contributed by atoms with Crippen LogP contribution in [0.2, 0.25) is 0 Å². The van der Waals surface area contributed by atoms with Gasteiger partial charge in [0.25, 0.3) is 0 Å². The Bertz CT molecular complexity index is 1050. The fourth-order valence-corrected chi connectivity index (χ4v) is 2.81. The quantitative estimate of drug-likeness (QED) is 0.252. The molecule has 0 spiro atoms. The summed E-state index contributed by atoms with van der Waals surface area (Å²) in [5, 5.41) is 0. The molecule has 29 heavy (non-hydrogen) atoms. The predicted octanol–water partition coefficient (Wildman–Crippen LogP) is 7.02. The van der Waals surface area contributed by atoms with Gasteiger partial charge in [-0.15, -0.1) is 0 Å². The molecule has 0 unspecified atom stereocenters. The highest BCUT2D eigenvalue weighted by Crippen LogP contribution is 2.33. The largest absolute Gasteiger partial charge is 0.256 e. The molecule has 0 atom stereocenters. The van der Waals surface area contributed by atoms with E-state index >= 15 is 0 Å². The van der Waals surface area contributed by atoms with Crippen LogP contribution in [-0.2, 0) is 6.42 Å². The molecular formula is C22H15F6N. The molecule has 0 aliphatic heterocycles. The number of aromatic nitrogens is 1. The van der Waals surface area contributed by atoms with E-state index in [1.807, 2.05) is 13.0 Å². The standard InChI is InChI=1S/C22H15F6N/c1-2-3-12-4-7-19(29-11-12)13-5-6-15(16(23)8-13)21(27)20(26)14-9-17(24)22(28)18(25)10-14/h4-11H,2-3H2,1H3. The second kappa shape index (κ2) is 8.51. The summed E-state index contributed by atoms with van der Waals surface area (Å²) in [5.41, 5.74) is 0.196. The van der Waals surface area contributed by atoms with Crippen LogP contribution in [0.4, 0.5) is 26.3 Å². The molecule has 3 aromatic rings. The zero-order valence-electron chi connectivity index (χ0n) is 15.2. The number of aryl methyl sites for hydroxylation is 1. The van der Waals surface area contributed by atoms with E-state index in [1.54, 1.807) is 12.3 Å². The van der Waals surface area contributed by atoms with Crippen molar-refractivity contribution in [1.82, 2.24) is 4.98 Å². The van der Waals surface area contributed by atoms with Gasteiger partial charge in [0.05, 0.1) is 5.69 Å². The molecule has 0 radical (unpaired) electrons. The zero-order valence-corrected chi connectivity index (χ0v) is 15.2. The van der Waals surface area contributed by atoms with Crippen molar-refractivity contribution >= 4 is 11.7 Å². The van der Waals surface area contributed by atoms with Crippen molar-refractivity contribution in [2.45, 2.75) is 19.8 Å². The van der Waals surface area contributed by atoms with Gasteiger partial charge in [-0.2, -0.15) is 0 Å². The maximum atomic E-state index is 14.4. The fraction of sp³-hybridized carbons (Fsp3) is 0.136. The van der Waals surface area contributed by atoms with E-state index in [1.165, 1.54) is 6.07 Å². The lowest BCUT2D eigenvalue weighted by Gasteiger charge is -2.07. The van der Waals surface area contributed by atoms with Gasteiger partial charge in [0.15, 0.2) is 29.1 Å². The fourth-order valence-electron chi connectivity index (χ4n) is 2.81. The normalized spacial score (nSPS) is 12.1. The first kappa shape index (κ1) is 20.6. The van der Waals surface area contributed by atoms with Crippen molar-refractivity contribution in [3.63, 3.8) is 0 Å². The molecule has 0 amide bonds. The number of pyridine rings is 1. The molecule has 2 aromatic carbocycles. The van der Waals surface area contributed by atoms with Gasteiger partial charge in [-0.25, -0.2) is 26.3 Å². The minimum absolute atomic E-state index is 0.293. The highest BCUT2D eigenvalue weighted by molar-refractivity contribution is 5.84. The lowest BCUT2D eigenvalue weighted by molar-refractivity contribution is 0.446. The Balaban J connectivity index is 1.96. The summed E-state index contributed by atoms with van der Waals surface area (Å²) in [4.78, 5) is 4.23. The highest BCUT2D eigenvalue weighted by atomic mass is 19.2. The molecule has 0 fully saturated rings. The van der Waals surface area contributed by atoms with E-state index in [4.69, 9.17) is 0 Å². The lowest BCUT2D eigenvalue weighted by atomic mass is 10.0. The molecular weight excluding hydrogens is 392 g/mol. The Labute approximate surface area is 163 Å². The van der Waals surface area contributed by atoms with Crippen LogP contribution in [0.3, 0.4) is 0 Å². The number of rotatable bonds is 5. The first-order chi connectivity index (χ1) is 13.8. The average Bonchev–Trinajstić information content (AvgIpc) is 2.71. The Morgan fingerprint density at radius 1 is 0.828 bits per heavy atom. The molecule has 0 aliphatic carbocycles. The second-order valence-electron chi connectivity index (χ2n) is 6.38. The van der Waals surface area contributed by atoms with E-state index in [-0.39, 0.29) is 0 Å². The van der Waals surface area contributed by atoms with Crippen molar-refractivity contribution in [3.8, 4) is 11.3 Å². The molecule has 1 heterocycles. The van der Waals surface area contributed by atoms with Crippen LogP contribution in [0, 0.1) is 23.3 Å². The van der Waals surface area contributed by atoms with Crippen LogP contribution < -0.4 is 0 Å². The number of halogens is 6. The Hall–Kier alpha value is -3.09. The molecule has 0 bridgehead atoms. The van der Waals surface area contributed by atoms with Crippen molar-refractivity contribution in [1.29, 1.82) is 0 Å². The van der Waals surface area contributed by atoms with Crippen LogP contribution >= 0.6 is 0 Å². The van der Waals surface area contributed by atoms with Crippen molar-refractivity contribution < 1.29 is 26.3 Å². The van der Waals surface area contributed by atoms with Crippen LogP contribution in [0.15, 0.2) is 48.7 Å². The van der Waals surface area contributed by atoms with Crippen LogP contribution in [-0.4, -0.2) is 4.98 Å². The minimum atomic E-state index is -1.81. The Morgan fingerprint density at radius 2 is 1.52 bits per heavy atom. The maximum Gasteiger partial charge on any atom is 0.194 e. The summed E-state index contributed by atoms with van der Waals surface area (Å²) >= 11 is 0. The van der Waals surface area contributed by atoms with E-state index in [0.717, 1.165) is 30.5 Å². The Morgan fingerprint density at radius 3 is 2.07 bits per heavy atom. The maximum absolute atomic E-state index is 14.4. The predicted molar refractivity (Wildman–Crippen MR) is 99.0 cm³/mol. The molecule has 0 saturated carbocycles. The van der Waals surface area contributed by atoms with Gasteiger partial charge in [0.1, 0.15) is 5.82 Å². The number of hydrogen-bond acceptors (Lipinski definition) is 1. The molecule has 150 valence electrons. The second-order valence-corrected chi connectivity index (χ2v) is 6.38. The van der Waals surface area contributed by atoms with Crippen molar-refractivity contribution in [3.05, 3.63) is 88.6 Å². The number of hydrogen-bond donors (Lipinski definition) is 0. The van der Waals surface area contributed by atoms with E-state index in [2.05, 4.69) is 4.98 Å². The molecule has 0 aliphatic rings. The SMILES string of the molecule is CCCc1ccc(-c2ccc(C(F)=C(F)c3cc(F)c(F)c(F)c3)c(F)c2)nc1. The van der Waals surface area contributed by atoms with Gasteiger partial charge in [-0.1, -0.05) is 25.5 Å². The van der Waals surface area contributed by atoms with Crippen LogP contribution in [0.5, 0.6) is 0 Å². The summed E-state index contributed by atoms with van der Waals surface area (Å²) in [6.45, 7) is 2.03. The number of nitrogens with zero attached hydrogens (tertiary/aromatic N) is 1. The van der Waals surface area contributed by atoms with Gasteiger partial charge in [-0.05, 0) is 42.3 Å². The van der Waals surface area contributed by atoms with Crippen LogP contribution in [0.1, 0.15) is 30.0 Å². The highest BCUT2D eigenvalue weighted by Gasteiger charge is 2.19. The van der Waals surface area contributed by atoms with Gasteiger partial charge < -0.3 is 0 Å². The summed E-state index contributed by atoms with van der Waals surface area (Å²) in [6.07, 6.45) is 3.45. The van der Waals surface area contributed by atoms with E-state index < -0.39 is 46.0 Å². The average molecular weight is 407 g/mol. The molecule has 7 heteroatoms. The van der Waals surface area contributed by atoms with Gasteiger partial charge in [-0.3, -0.25) is 4.98 Å². The van der Waals surface area contributed by atoms with Crippen molar-refractivity contribution in [2.75, 3.05) is 0 Å². The first-order valence-electron chi connectivity index (χ1n) is 8.77. The van der Waals surface area contributed by atoms with Crippen LogP contribution in [0.25, 0.3) is 22.9 Å². The van der Waals surface area contributed by atoms with Gasteiger partial charge in [0, 0.05) is 22.9 Å². The molecule has 3 rings (SSSR count). The third-order valence-corrected chi connectivity index (χ3v) is 4.29. The zero-order chi connectivity index (χ0) is 21.1. The lowest BCUT2D eigenvalue weighted by Crippen LogP contribution is -1.95. The summed E-state index contributed by atoms with van der Waals surface area (Å²) in [5.74, 6) is -9.64. The van der Waals surface area contributed by atoms with Crippen molar-refractivity contribution in [2.24, 2.45) is 0 Å².